The van der Waals surface area contributed by atoms with Gasteiger partial charge in [-0.3, -0.25) is 4.98 Å². The van der Waals surface area contributed by atoms with Crippen molar-refractivity contribution in [1.82, 2.24) is 9.71 Å². The molecule has 0 saturated carbocycles. The van der Waals surface area contributed by atoms with E-state index < -0.39 is 16.1 Å². The fraction of sp³-hybridized carbons (Fsp3) is 0.227. The summed E-state index contributed by atoms with van der Waals surface area (Å²) in [6.07, 6.45) is 1.60. The van der Waals surface area contributed by atoms with Gasteiger partial charge in [0, 0.05) is 18.3 Å². The standard InChI is InChI=1S/C22H24N2O5S/c1-15-8-10-17(11-9-15)30(25,26)24-22(18-7-5-6-12-23-18)21-19(28-3)13-16(27-2)14-20(21)29-4/h5-14,22,24H,1-4H3. The smallest absolute Gasteiger partial charge is 0.241 e. The third-order valence-corrected chi connectivity index (χ3v) is 6.07. The van der Waals surface area contributed by atoms with Crippen LogP contribution in [0.1, 0.15) is 22.9 Å². The van der Waals surface area contributed by atoms with Crippen LogP contribution in [0.2, 0.25) is 0 Å². The van der Waals surface area contributed by atoms with Crippen molar-refractivity contribution in [3.05, 3.63) is 77.6 Å². The van der Waals surface area contributed by atoms with Crippen molar-refractivity contribution < 1.29 is 22.6 Å². The molecular formula is C22H24N2O5S. The van der Waals surface area contributed by atoms with Gasteiger partial charge in [-0.25, -0.2) is 8.42 Å². The van der Waals surface area contributed by atoms with Crippen LogP contribution < -0.4 is 18.9 Å². The van der Waals surface area contributed by atoms with Gasteiger partial charge >= 0.3 is 0 Å². The fourth-order valence-electron chi connectivity index (χ4n) is 3.07. The van der Waals surface area contributed by atoms with Crippen LogP contribution >= 0.6 is 0 Å². The molecule has 0 amide bonds. The molecule has 1 unspecified atom stereocenters. The first-order valence-electron chi connectivity index (χ1n) is 9.19. The van der Waals surface area contributed by atoms with Crippen molar-refractivity contribution in [2.45, 2.75) is 17.9 Å². The summed E-state index contributed by atoms with van der Waals surface area (Å²) in [5.74, 6) is 1.34. The van der Waals surface area contributed by atoms with E-state index in [4.69, 9.17) is 14.2 Å². The largest absolute Gasteiger partial charge is 0.496 e. The van der Waals surface area contributed by atoms with Crippen LogP contribution in [0, 0.1) is 6.92 Å². The number of hydrogen-bond acceptors (Lipinski definition) is 6. The van der Waals surface area contributed by atoms with E-state index in [1.807, 2.05) is 6.92 Å². The van der Waals surface area contributed by atoms with E-state index in [1.165, 1.54) is 21.3 Å². The molecule has 1 aromatic heterocycles. The molecule has 0 bridgehead atoms. The Morgan fingerprint density at radius 1 is 0.900 bits per heavy atom. The van der Waals surface area contributed by atoms with Gasteiger partial charge in [-0.15, -0.1) is 0 Å². The highest BCUT2D eigenvalue weighted by Crippen LogP contribution is 2.41. The third kappa shape index (κ3) is 4.55. The summed E-state index contributed by atoms with van der Waals surface area (Å²) in [6.45, 7) is 1.90. The van der Waals surface area contributed by atoms with E-state index in [2.05, 4.69) is 9.71 Å². The topological polar surface area (TPSA) is 86.8 Å². The van der Waals surface area contributed by atoms with Gasteiger partial charge in [-0.1, -0.05) is 23.8 Å². The van der Waals surface area contributed by atoms with Gasteiger partial charge in [-0.2, -0.15) is 4.72 Å². The van der Waals surface area contributed by atoms with Crippen LogP contribution in [0.4, 0.5) is 0 Å². The molecule has 0 radical (unpaired) electrons. The van der Waals surface area contributed by atoms with Crippen molar-refractivity contribution in [3.63, 3.8) is 0 Å². The lowest BCUT2D eigenvalue weighted by Crippen LogP contribution is -2.30. The summed E-state index contributed by atoms with van der Waals surface area (Å²) in [4.78, 5) is 4.52. The number of hydrogen-bond donors (Lipinski definition) is 1. The average molecular weight is 429 g/mol. The minimum absolute atomic E-state index is 0.153. The third-order valence-electron chi connectivity index (χ3n) is 4.63. The number of rotatable bonds is 8. The van der Waals surface area contributed by atoms with E-state index in [0.717, 1.165) is 5.56 Å². The Morgan fingerprint density at radius 2 is 1.53 bits per heavy atom. The lowest BCUT2D eigenvalue weighted by molar-refractivity contribution is 0.365. The Labute approximate surface area is 176 Å². The lowest BCUT2D eigenvalue weighted by atomic mass is 10.0. The minimum atomic E-state index is -3.87. The molecule has 1 N–H and O–H groups in total. The van der Waals surface area contributed by atoms with Crippen LogP contribution in [0.15, 0.2) is 65.7 Å². The van der Waals surface area contributed by atoms with Crippen molar-refractivity contribution in [3.8, 4) is 17.2 Å². The number of aromatic nitrogens is 1. The van der Waals surface area contributed by atoms with Gasteiger partial charge in [0.25, 0.3) is 0 Å². The molecule has 2 aromatic carbocycles. The number of pyridine rings is 1. The van der Waals surface area contributed by atoms with Crippen LogP contribution in [0.25, 0.3) is 0 Å². The predicted octanol–water partition coefficient (Wildman–Crippen LogP) is 3.48. The van der Waals surface area contributed by atoms with E-state index in [9.17, 15) is 8.42 Å². The van der Waals surface area contributed by atoms with Gasteiger partial charge in [0.1, 0.15) is 17.2 Å². The maximum atomic E-state index is 13.2. The first-order chi connectivity index (χ1) is 14.4. The number of aryl methyl sites for hydroxylation is 1. The summed E-state index contributed by atoms with van der Waals surface area (Å²) in [5.41, 5.74) is 1.96. The maximum Gasteiger partial charge on any atom is 0.241 e. The minimum Gasteiger partial charge on any atom is -0.496 e. The Hall–Kier alpha value is -3.10. The summed E-state index contributed by atoms with van der Waals surface area (Å²) in [7, 11) is 0.665. The normalized spacial score (nSPS) is 12.3. The van der Waals surface area contributed by atoms with Crippen LogP contribution in [-0.2, 0) is 10.0 Å². The first kappa shape index (κ1) is 21.6. The summed E-state index contributed by atoms with van der Waals surface area (Å²) >= 11 is 0. The quantitative estimate of drug-likeness (QED) is 0.591. The highest BCUT2D eigenvalue weighted by atomic mass is 32.2. The fourth-order valence-corrected chi connectivity index (χ4v) is 4.25. The molecule has 8 heteroatoms. The van der Waals surface area contributed by atoms with Crippen molar-refractivity contribution >= 4 is 10.0 Å². The molecule has 3 aromatic rings. The molecule has 0 aliphatic carbocycles. The summed E-state index contributed by atoms with van der Waals surface area (Å²) in [5, 5.41) is 0. The van der Waals surface area contributed by atoms with Gasteiger partial charge in [0.05, 0.1) is 43.5 Å². The monoisotopic (exact) mass is 428 g/mol. The summed E-state index contributed by atoms with van der Waals surface area (Å²) < 4.78 is 45.5. The molecule has 30 heavy (non-hydrogen) atoms. The number of nitrogens with zero attached hydrogens (tertiary/aromatic N) is 1. The lowest BCUT2D eigenvalue weighted by Gasteiger charge is -2.23. The van der Waals surface area contributed by atoms with Crippen LogP contribution in [-0.4, -0.2) is 34.7 Å². The van der Waals surface area contributed by atoms with E-state index >= 15 is 0 Å². The summed E-state index contributed by atoms with van der Waals surface area (Å²) in [6, 6.07) is 14.4. The SMILES string of the molecule is COc1cc(OC)c(C(NS(=O)(=O)c2ccc(C)cc2)c2ccccn2)c(OC)c1. The highest BCUT2D eigenvalue weighted by molar-refractivity contribution is 7.89. The molecule has 1 atom stereocenters. The second-order valence-electron chi connectivity index (χ2n) is 6.57. The molecule has 158 valence electrons. The molecule has 3 rings (SSSR count). The average Bonchev–Trinajstić information content (AvgIpc) is 2.77. The predicted molar refractivity (Wildman–Crippen MR) is 114 cm³/mol. The van der Waals surface area contributed by atoms with Gasteiger partial charge in [0.15, 0.2) is 0 Å². The molecule has 7 nitrogen and oxygen atoms in total. The van der Waals surface area contributed by atoms with Crippen molar-refractivity contribution in [2.24, 2.45) is 0 Å². The van der Waals surface area contributed by atoms with Gasteiger partial charge in [-0.05, 0) is 31.2 Å². The molecule has 0 aliphatic rings. The van der Waals surface area contributed by atoms with Gasteiger partial charge in [0.2, 0.25) is 10.0 Å². The number of sulfonamides is 1. The zero-order valence-electron chi connectivity index (χ0n) is 17.2. The van der Waals surface area contributed by atoms with Crippen molar-refractivity contribution in [2.75, 3.05) is 21.3 Å². The zero-order valence-corrected chi connectivity index (χ0v) is 18.1. The van der Waals surface area contributed by atoms with Crippen LogP contribution in [0.5, 0.6) is 17.2 Å². The Bertz CT molecular complexity index is 1080. The molecule has 0 saturated heterocycles. The molecular weight excluding hydrogens is 404 g/mol. The molecule has 0 fully saturated rings. The zero-order chi connectivity index (χ0) is 21.7. The Kier molecular flexibility index (Phi) is 6.59. The van der Waals surface area contributed by atoms with Crippen molar-refractivity contribution in [1.29, 1.82) is 0 Å². The second-order valence-corrected chi connectivity index (χ2v) is 8.28. The van der Waals surface area contributed by atoms with Gasteiger partial charge < -0.3 is 14.2 Å². The molecule has 0 spiro atoms. The Balaban J connectivity index is 2.17. The first-order valence-corrected chi connectivity index (χ1v) is 10.7. The maximum absolute atomic E-state index is 13.2. The number of ether oxygens (including phenoxy) is 3. The number of methoxy groups -OCH3 is 3. The highest BCUT2D eigenvalue weighted by Gasteiger charge is 2.30. The number of benzene rings is 2. The van der Waals surface area contributed by atoms with Crippen LogP contribution in [0.3, 0.4) is 0 Å². The van der Waals surface area contributed by atoms with E-state index in [-0.39, 0.29) is 4.90 Å². The Morgan fingerprint density at radius 3 is 2.03 bits per heavy atom. The number of nitrogens with one attached hydrogen (secondary N) is 1. The molecule has 0 aliphatic heterocycles. The molecule has 1 heterocycles. The van der Waals surface area contributed by atoms with E-state index in [1.54, 1.807) is 60.8 Å². The second kappa shape index (κ2) is 9.15. The van der Waals surface area contributed by atoms with E-state index in [0.29, 0.717) is 28.5 Å².